The fourth-order valence-corrected chi connectivity index (χ4v) is 2.05. The molecule has 0 saturated carbocycles. The normalized spacial score (nSPS) is 11.4. The average Bonchev–Trinajstić information content (AvgIpc) is 2.66. The molecule has 0 aliphatic rings. The highest BCUT2D eigenvalue weighted by molar-refractivity contribution is 7.14. The highest BCUT2D eigenvalue weighted by atomic mass is 32.1. The fourth-order valence-electron chi connectivity index (χ4n) is 1.01. The summed E-state index contributed by atoms with van der Waals surface area (Å²) in [7, 11) is 1.38. The highest BCUT2D eigenvalue weighted by Crippen LogP contribution is 2.29. The number of ether oxygens (including phenoxy) is 1. The van der Waals surface area contributed by atoms with Crippen LogP contribution in [0.5, 0.6) is 0 Å². The Balaban J connectivity index is 2.93. The molecule has 78 valence electrons. The van der Waals surface area contributed by atoms with E-state index in [1.807, 2.05) is 6.07 Å². The molecule has 1 aromatic rings. The van der Waals surface area contributed by atoms with E-state index in [2.05, 4.69) is 18.6 Å². The fraction of sp³-hybridized carbons (Fsp3) is 0.500. The van der Waals surface area contributed by atoms with Gasteiger partial charge in [0, 0.05) is 16.8 Å². The van der Waals surface area contributed by atoms with E-state index in [4.69, 9.17) is 5.73 Å². The molecule has 0 aliphatic heterocycles. The molecule has 0 spiro atoms. The molecule has 0 aliphatic carbocycles. The number of methoxy groups -OCH3 is 1. The first kappa shape index (κ1) is 11.2. The molecule has 4 heteroatoms. The van der Waals surface area contributed by atoms with Crippen LogP contribution in [0.25, 0.3) is 0 Å². The quantitative estimate of drug-likeness (QED) is 0.778. The van der Waals surface area contributed by atoms with E-state index in [1.165, 1.54) is 18.4 Å². The first-order chi connectivity index (χ1) is 6.51. The minimum atomic E-state index is -0.283. The maximum absolute atomic E-state index is 11.2. The number of carbonyl (C=O) groups excluding carboxylic acids is 1. The van der Waals surface area contributed by atoms with Gasteiger partial charge in [-0.3, -0.25) is 0 Å². The van der Waals surface area contributed by atoms with Gasteiger partial charge >= 0.3 is 5.97 Å². The van der Waals surface area contributed by atoms with Crippen molar-refractivity contribution in [3.8, 4) is 0 Å². The van der Waals surface area contributed by atoms with E-state index in [9.17, 15) is 4.79 Å². The van der Waals surface area contributed by atoms with Crippen molar-refractivity contribution in [2.75, 3.05) is 13.7 Å². The molecule has 0 unspecified atom stereocenters. The second kappa shape index (κ2) is 4.11. The molecule has 1 aromatic heterocycles. The topological polar surface area (TPSA) is 52.3 Å². The number of rotatable bonds is 3. The van der Waals surface area contributed by atoms with Gasteiger partial charge in [0.15, 0.2) is 0 Å². The third kappa shape index (κ3) is 2.13. The molecule has 0 amide bonds. The molecule has 3 nitrogen and oxygen atoms in total. The number of carbonyl (C=O) groups is 1. The Morgan fingerprint density at radius 2 is 2.21 bits per heavy atom. The molecule has 0 fully saturated rings. The van der Waals surface area contributed by atoms with Crippen molar-refractivity contribution in [3.63, 3.8) is 0 Å². The Kier molecular flexibility index (Phi) is 3.29. The predicted molar refractivity (Wildman–Crippen MR) is 57.7 cm³/mol. The van der Waals surface area contributed by atoms with Crippen LogP contribution >= 0.6 is 11.3 Å². The smallest absolute Gasteiger partial charge is 0.348 e. The highest BCUT2D eigenvalue weighted by Gasteiger charge is 2.22. The van der Waals surface area contributed by atoms with Crippen molar-refractivity contribution < 1.29 is 9.53 Å². The monoisotopic (exact) mass is 213 g/mol. The zero-order chi connectivity index (χ0) is 10.8. The van der Waals surface area contributed by atoms with Crippen molar-refractivity contribution in [2.45, 2.75) is 19.3 Å². The van der Waals surface area contributed by atoms with Gasteiger partial charge in [-0.25, -0.2) is 4.79 Å². The Bertz CT molecular complexity index is 331. The van der Waals surface area contributed by atoms with Gasteiger partial charge in [-0.05, 0) is 12.1 Å². The van der Waals surface area contributed by atoms with Crippen LogP contribution in [-0.2, 0) is 10.2 Å². The van der Waals surface area contributed by atoms with Crippen LogP contribution in [0.3, 0.4) is 0 Å². The summed E-state index contributed by atoms with van der Waals surface area (Å²) in [5.74, 6) is -0.283. The molecular formula is C10H15NO2S. The van der Waals surface area contributed by atoms with E-state index in [0.29, 0.717) is 11.4 Å². The van der Waals surface area contributed by atoms with Crippen molar-refractivity contribution >= 4 is 17.3 Å². The maximum Gasteiger partial charge on any atom is 0.348 e. The van der Waals surface area contributed by atoms with E-state index < -0.39 is 0 Å². The van der Waals surface area contributed by atoms with Gasteiger partial charge in [0.05, 0.1) is 7.11 Å². The van der Waals surface area contributed by atoms with Crippen LogP contribution in [0.15, 0.2) is 12.1 Å². The van der Waals surface area contributed by atoms with Gasteiger partial charge in [0.2, 0.25) is 0 Å². The number of thiophene rings is 1. The SMILES string of the molecule is COC(=O)c1ccc(C(C)(C)CN)s1. The molecule has 1 heterocycles. The lowest BCUT2D eigenvalue weighted by Crippen LogP contribution is -2.26. The molecule has 0 bridgehead atoms. The summed E-state index contributed by atoms with van der Waals surface area (Å²) in [5, 5.41) is 0. The van der Waals surface area contributed by atoms with Crippen molar-refractivity contribution in [2.24, 2.45) is 5.73 Å². The van der Waals surface area contributed by atoms with Crippen LogP contribution in [0.1, 0.15) is 28.4 Å². The lowest BCUT2D eigenvalue weighted by Gasteiger charge is -2.19. The van der Waals surface area contributed by atoms with Crippen LogP contribution < -0.4 is 5.73 Å². The maximum atomic E-state index is 11.2. The summed E-state index contributed by atoms with van der Waals surface area (Å²) >= 11 is 1.44. The first-order valence-corrected chi connectivity index (χ1v) is 5.21. The zero-order valence-electron chi connectivity index (χ0n) is 8.66. The predicted octanol–water partition coefficient (Wildman–Crippen LogP) is 1.77. The summed E-state index contributed by atoms with van der Waals surface area (Å²) in [4.78, 5) is 12.9. The third-order valence-corrected chi connectivity index (χ3v) is 3.60. The molecule has 0 aromatic carbocycles. The Labute approximate surface area is 87.9 Å². The summed E-state index contributed by atoms with van der Waals surface area (Å²) in [5.41, 5.74) is 5.57. The molecule has 14 heavy (non-hydrogen) atoms. The van der Waals surface area contributed by atoms with Gasteiger partial charge in [0.1, 0.15) is 4.88 Å². The van der Waals surface area contributed by atoms with Crippen LogP contribution in [0.2, 0.25) is 0 Å². The van der Waals surface area contributed by atoms with Crippen LogP contribution in [0, 0.1) is 0 Å². The van der Waals surface area contributed by atoms with E-state index in [-0.39, 0.29) is 11.4 Å². The van der Waals surface area contributed by atoms with Crippen LogP contribution in [-0.4, -0.2) is 19.6 Å². The summed E-state index contributed by atoms with van der Waals surface area (Å²) in [6, 6.07) is 3.72. The van der Waals surface area contributed by atoms with Gasteiger partial charge in [-0.2, -0.15) is 0 Å². The standard InChI is InChI=1S/C10H15NO2S/c1-10(2,6-11)8-5-4-7(14-8)9(12)13-3/h4-5H,6,11H2,1-3H3. The largest absolute Gasteiger partial charge is 0.465 e. The lowest BCUT2D eigenvalue weighted by atomic mass is 9.92. The molecular weight excluding hydrogens is 198 g/mol. The van der Waals surface area contributed by atoms with Gasteiger partial charge < -0.3 is 10.5 Å². The second-order valence-corrected chi connectivity index (χ2v) is 4.83. The van der Waals surface area contributed by atoms with E-state index in [1.54, 1.807) is 6.07 Å². The van der Waals surface area contributed by atoms with E-state index in [0.717, 1.165) is 4.88 Å². The minimum absolute atomic E-state index is 0.0725. The van der Waals surface area contributed by atoms with E-state index >= 15 is 0 Å². The molecule has 2 N–H and O–H groups in total. The average molecular weight is 213 g/mol. The summed E-state index contributed by atoms with van der Waals surface area (Å²) < 4.78 is 4.64. The molecule has 0 atom stereocenters. The summed E-state index contributed by atoms with van der Waals surface area (Å²) in [6.07, 6.45) is 0. The molecule has 0 radical (unpaired) electrons. The van der Waals surface area contributed by atoms with Crippen molar-refractivity contribution in [1.82, 2.24) is 0 Å². The van der Waals surface area contributed by atoms with Crippen LogP contribution in [0.4, 0.5) is 0 Å². The number of hydrogen-bond acceptors (Lipinski definition) is 4. The molecule has 0 saturated heterocycles. The molecule has 1 rings (SSSR count). The third-order valence-electron chi connectivity index (χ3n) is 2.17. The lowest BCUT2D eigenvalue weighted by molar-refractivity contribution is 0.0606. The van der Waals surface area contributed by atoms with Gasteiger partial charge in [-0.1, -0.05) is 13.8 Å². The Morgan fingerprint density at radius 3 is 2.71 bits per heavy atom. The minimum Gasteiger partial charge on any atom is -0.465 e. The Hall–Kier alpha value is -0.870. The number of nitrogens with two attached hydrogens (primary N) is 1. The number of esters is 1. The zero-order valence-corrected chi connectivity index (χ0v) is 9.48. The van der Waals surface area contributed by atoms with Crippen molar-refractivity contribution in [1.29, 1.82) is 0 Å². The number of hydrogen-bond donors (Lipinski definition) is 1. The van der Waals surface area contributed by atoms with Gasteiger partial charge in [0.25, 0.3) is 0 Å². The van der Waals surface area contributed by atoms with Crippen molar-refractivity contribution in [3.05, 3.63) is 21.9 Å². The second-order valence-electron chi connectivity index (χ2n) is 3.74. The first-order valence-electron chi connectivity index (χ1n) is 4.40. The summed E-state index contributed by atoms with van der Waals surface area (Å²) in [6.45, 7) is 4.67. The Morgan fingerprint density at radius 1 is 1.57 bits per heavy atom. The van der Waals surface area contributed by atoms with Gasteiger partial charge in [-0.15, -0.1) is 11.3 Å².